The second-order valence-electron chi connectivity index (χ2n) is 5.56. The molecule has 0 aliphatic carbocycles. The van der Waals surface area contributed by atoms with Crippen molar-refractivity contribution in [2.45, 2.75) is 33.2 Å². The van der Waals surface area contributed by atoms with Gasteiger partial charge in [-0.1, -0.05) is 32.0 Å². The number of rotatable bonds is 4. The maximum atomic E-state index is 10.8. The predicted octanol–water partition coefficient (Wildman–Crippen LogP) is 2.33. The molecule has 0 radical (unpaired) electrons. The molecule has 18 heavy (non-hydrogen) atoms. The Kier molecular flexibility index (Phi) is 4.02. The van der Waals surface area contributed by atoms with Gasteiger partial charge in [-0.15, -0.1) is 0 Å². The minimum absolute atomic E-state index is 0.147. The van der Waals surface area contributed by atoms with Crippen molar-refractivity contribution in [3.63, 3.8) is 0 Å². The van der Waals surface area contributed by atoms with Crippen LogP contribution >= 0.6 is 0 Å². The normalized spacial score (nSPS) is 15.7. The van der Waals surface area contributed by atoms with Gasteiger partial charge in [0.1, 0.15) is 0 Å². The quantitative estimate of drug-likeness (QED) is 0.887. The zero-order valence-electron chi connectivity index (χ0n) is 11.1. The molecule has 1 aromatic carbocycles. The summed E-state index contributed by atoms with van der Waals surface area (Å²) < 4.78 is 0. The molecule has 0 amide bonds. The van der Waals surface area contributed by atoms with Crippen molar-refractivity contribution in [3.8, 4) is 0 Å². The van der Waals surface area contributed by atoms with E-state index in [0.29, 0.717) is 5.92 Å². The molecule has 0 saturated heterocycles. The molecule has 0 aromatic heterocycles. The minimum Gasteiger partial charge on any atom is -0.480 e. The van der Waals surface area contributed by atoms with Crippen molar-refractivity contribution in [1.29, 1.82) is 0 Å². The number of carbonyl (C=O) groups is 1. The van der Waals surface area contributed by atoms with Gasteiger partial charge in [0, 0.05) is 13.1 Å². The van der Waals surface area contributed by atoms with E-state index in [1.54, 1.807) is 0 Å². The molecule has 3 nitrogen and oxygen atoms in total. The highest BCUT2D eigenvalue weighted by Crippen LogP contribution is 2.21. The van der Waals surface area contributed by atoms with Gasteiger partial charge >= 0.3 is 5.97 Å². The lowest BCUT2D eigenvalue weighted by atomic mass is 9.94. The van der Waals surface area contributed by atoms with Gasteiger partial charge in [0.25, 0.3) is 0 Å². The molecule has 0 saturated carbocycles. The number of hydrogen-bond acceptors (Lipinski definition) is 2. The summed E-state index contributed by atoms with van der Waals surface area (Å²) in [5.74, 6) is -0.0847. The van der Waals surface area contributed by atoms with Crippen LogP contribution in [0.3, 0.4) is 0 Å². The summed E-state index contributed by atoms with van der Waals surface area (Å²) in [6.45, 7) is 6.20. The van der Waals surface area contributed by atoms with Crippen LogP contribution in [0.4, 0.5) is 0 Å². The minimum atomic E-state index is -0.739. The lowest BCUT2D eigenvalue weighted by Gasteiger charge is -2.27. The number of fused-ring (bicyclic) bond motifs is 1. The summed E-state index contributed by atoms with van der Waals surface area (Å²) in [7, 11) is 0. The van der Waals surface area contributed by atoms with E-state index in [1.807, 2.05) is 4.90 Å². The SMILES string of the molecule is CC(C)Cc1ccc2c(c1)CN(CC(=O)O)CC2. The molecule has 0 unspecified atom stereocenters. The molecular formula is C15H21NO2. The number of benzene rings is 1. The van der Waals surface area contributed by atoms with Crippen LogP contribution in [0.25, 0.3) is 0 Å². The summed E-state index contributed by atoms with van der Waals surface area (Å²) in [5, 5.41) is 8.85. The van der Waals surface area contributed by atoms with E-state index in [1.165, 1.54) is 16.7 Å². The van der Waals surface area contributed by atoms with Crippen molar-refractivity contribution >= 4 is 5.97 Å². The molecule has 1 aliphatic heterocycles. The molecule has 1 aromatic rings. The Labute approximate surface area is 108 Å². The molecular weight excluding hydrogens is 226 g/mol. The van der Waals surface area contributed by atoms with E-state index >= 15 is 0 Å². The first-order valence-electron chi connectivity index (χ1n) is 6.59. The number of nitrogens with zero attached hydrogens (tertiary/aromatic N) is 1. The fourth-order valence-electron chi connectivity index (χ4n) is 2.59. The topological polar surface area (TPSA) is 40.5 Å². The van der Waals surface area contributed by atoms with Crippen molar-refractivity contribution in [1.82, 2.24) is 4.90 Å². The zero-order chi connectivity index (χ0) is 13.1. The predicted molar refractivity (Wildman–Crippen MR) is 71.6 cm³/mol. The molecule has 2 rings (SSSR count). The average molecular weight is 247 g/mol. The van der Waals surface area contributed by atoms with Gasteiger partial charge < -0.3 is 5.11 Å². The first-order valence-corrected chi connectivity index (χ1v) is 6.59. The molecule has 1 aliphatic rings. The molecule has 0 bridgehead atoms. The standard InChI is InChI=1S/C15H21NO2/c1-11(2)7-12-3-4-13-5-6-16(10-15(17)18)9-14(13)8-12/h3-4,8,11H,5-7,9-10H2,1-2H3,(H,17,18). The van der Waals surface area contributed by atoms with Crippen LogP contribution < -0.4 is 0 Å². The van der Waals surface area contributed by atoms with Gasteiger partial charge in [0.05, 0.1) is 6.54 Å². The van der Waals surface area contributed by atoms with Gasteiger partial charge in [0.2, 0.25) is 0 Å². The van der Waals surface area contributed by atoms with Crippen LogP contribution in [0.2, 0.25) is 0 Å². The maximum Gasteiger partial charge on any atom is 0.317 e. The molecule has 0 spiro atoms. The van der Waals surface area contributed by atoms with E-state index < -0.39 is 5.97 Å². The molecule has 0 fully saturated rings. The summed E-state index contributed by atoms with van der Waals surface area (Å²) in [6, 6.07) is 6.68. The van der Waals surface area contributed by atoms with Crippen molar-refractivity contribution in [3.05, 3.63) is 34.9 Å². The van der Waals surface area contributed by atoms with E-state index in [9.17, 15) is 4.79 Å². The van der Waals surface area contributed by atoms with Crippen molar-refractivity contribution in [2.24, 2.45) is 5.92 Å². The highest BCUT2D eigenvalue weighted by molar-refractivity contribution is 5.69. The second kappa shape index (κ2) is 5.53. The highest BCUT2D eigenvalue weighted by atomic mass is 16.4. The second-order valence-corrected chi connectivity index (χ2v) is 5.56. The summed E-state index contributed by atoms with van der Waals surface area (Å²) in [4.78, 5) is 12.8. The van der Waals surface area contributed by atoms with Crippen LogP contribution in [-0.4, -0.2) is 29.1 Å². The molecule has 0 atom stereocenters. The lowest BCUT2D eigenvalue weighted by molar-refractivity contribution is -0.138. The van der Waals surface area contributed by atoms with Gasteiger partial charge in [-0.2, -0.15) is 0 Å². The Hall–Kier alpha value is -1.35. The van der Waals surface area contributed by atoms with Crippen LogP contribution in [-0.2, 0) is 24.2 Å². The largest absolute Gasteiger partial charge is 0.480 e. The van der Waals surface area contributed by atoms with Gasteiger partial charge in [-0.25, -0.2) is 0 Å². The van der Waals surface area contributed by atoms with E-state index in [-0.39, 0.29) is 6.54 Å². The third-order valence-electron chi connectivity index (χ3n) is 3.36. The first-order chi connectivity index (χ1) is 8.54. The molecule has 1 N–H and O–H groups in total. The fourth-order valence-corrected chi connectivity index (χ4v) is 2.59. The monoisotopic (exact) mass is 247 g/mol. The highest BCUT2D eigenvalue weighted by Gasteiger charge is 2.18. The zero-order valence-corrected chi connectivity index (χ0v) is 11.1. The Bertz CT molecular complexity index is 440. The Balaban J connectivity index is 2.11. The smallest absolute Gasteiger partial charge is 0.317 e. The molecule has 3 heteroatoms. The Morgan fingerprint density at radius 2 is 2.17 bits per heavy atom. The average Bonchev–Trinajstić information content (AvgIpc) is 2.26. The third kappa shape index (κ3) is 3.33. The van der Waals surface area contributed by atoms with Gasteiger partial charge in [0.15, 0.2) is 0 Å². The summed E-state index contributed by atoms with van der Waals surface area (Å²) in [5.41, 5.74) is 4.05. The van der Waals surface area contributed by atoms with Crippen LogP contribution in [0.1, 0.15) is 30.5 Å². The number of carboxylic acid groups (broad SMARTS) is 1. The van der Waals surface area contributed by atoms with Gasteiger partial charge in [-0.05, 0) is 35.4 Å². The lowest BCUT2D eigenvalue weighted by Crippen LogP contribution is -2.34. The molecule has 1 heterocycles. The number of aliphatic carboxylic acids is 1. The van der Waals surface area contributed by atoms with Gasteiger partial charge in [-0.3, -0.25) is 9.69 Å². The molecule has 98 valence electrons. The fraction of sp³-hybridized carbons (Fsp3) is 0.533. The van der Waals surface area contributed by atoms with Crippen molar-refractivity contribution in [2.75, 3.05) is 13.1 Å². The van der Waals surface area contributed by atoms with Crippen molar-refractivity contribution < 1.29 is 9.90 Å². The maximum absolute atomic E-state index is 10.8. The van der Waals surface area contributed by atoms with Crippen LogP contribution in [0.15, 0.2) is 18.2 Å². The van der Waals surface area contributed by atoms with E-state index in [4.69, 9.17) is 5.11 Å². The van der Waals surface area contributed by atoms with E-state index in [0.717, 1.165) is 25.9 Å². The Morgan fingerprint density at radius 1 is 1.39 bits per heavy atom. The summed E-state index contributed by atoms with van der Waals surface area (Å²) >= 11 is 0. The summed E-state index contributed by atoms with van der Waals surface area (Å²) in [6.07, 6.45) is 2.05. The number of hydrogen-bond donors (Lipinski definition) is 1. The van der Waals surface area contributed by atoms with E-state index in [2.05, 4.69) is 32.0 Å². The third-order valence-corrected chi connectivity index (χ3v) is 3.36. The first kappa shape index (κ1) is 13.1. The Morgan fingerprint density at radius 3 is 2.83 bits per heavy atom. The van der Waals surface area contributed by atoms with Crippen LogP contribution in [0, 0.1) is 5.92 Å². The van der Waals surface area contributed by atoms with Crippen LogP contribution in [0.5, 0.6) is 0 Å². The number of carboxylic acids is 1.